The molecule has 0 aliphatic carbocycles. The van der Waals surface area contributed by atoms with Crippen LogP contribution >= 0.6 is 11.6 Å². The quantitative estimate of drug-likeness (QED) is 0.277. The number of sulfonamides is 1. The van der Waals surface area contributed by atoms with Gasteiger partial charge < -0.3 is 15.0 Å². The normalized spacial score (nSPS) is 12.1. The Balaban J connectivity index is 2.12. The largest absolute Gasteiger partial charge is 0.492 e. The Kier molecular flexibility index (Phi) is 11.2. The highest BCUT2D eigenvalue weighted by Crippen LogP contribution is 2.33. The fourth-order valence-electron chi connectivity index (χ4n) is 4.50. The number of nitrogens with zero attached hydrogens (tertiary/aromatic N) is 2. The average Bonchev–Trinajstić information content (AvgIpc) is 2.92. The molecule has 0 heterocycles. The van der Waals surface area contributed by atoms with Crippen LogP contribution in [0.2, 0.25) is 5.02 Å². The van der Waals surface area contributed by atoms with Crippen LogP contribution in [0.25, 0.3) is 0 Å². The van der Waals surface area contributed by atoms with E-state index in [2.05, 4.69) is 5.32 Å². The molecule has 0 fully saturated rings. The highest BCUT2D eigenvalue weighted by molar-refractivity contribution is 7.92. The number of para-hydroxylation sites is 2. The molecule has 10 heteroatoms. The van der Waals surface area contributed by atoms with E-state index in [9.17, 15) is 18.0 Å². The summed E-state index contributed by atoms with van der Waals surface area (Å²) in [7, 11) is -4.24. The molecule has 0 radical (unpaired) electrons. The fraction of sp³-hybridized carbons (Fsp3) is 0.355. The molecule has 0 saturated heterocycles. The number of carbonyl (C=O) groups is 2. The highest BCUT2D eigenvalue weighted by atomic mass is 35.5. The standard InChI is InChI=1S/C31H38ClN3O5S/c1-6-27(31(37)33-22(3)4)34(20-24-12-10-11-23(5)19-24)30(36)21-35(28-13-8-9-14-29(28)40-7-2)41(38,39)26-17-15-25(32)16-18-26/h8-19,22,27H,6-7,20-21H2,1-5H3,(H,33,37)/t27-/m0/s1. The number of amides is 2. The van der Waals surface area contributed by atoms with Crippen molar-refractivity contribution in [2.75, 3.05) is 17.5 Å². The summed E-state index contributed by atoms with van der Waals surface area (Å²) in [4.78, 5) is 28.9. The molecule has 3 aromatic rings. The van der Waals surface area contributed by atoms with Crippen molar-refractivity contribution >= 4 is 39.1 Å². The number of halogens is 1. The maximum atomic E-state index is 14.2. The molecule has 0 aromatic heterocycles. The Bertz CT molecular complexity index is 1440. The van der Waals surface area contributed by atoms with Gasteiger partial charge in [0.25, 0.3) is 10.0 Å². The van der Waals surface area contributed by atoms with Crippen LogP contribution in [0.15, 0.2) is 77.7 Å². The molecule has 41 heavy (non-hydrogen) atoms. The molecule has 0 aliphatic heterocycles. The summed E-state index contributed by atoms with van der Waals surface area (Å²) in [5.74, 6) is -0.512. The minimum Gasteiger partial charge on any atom is -0.492 e. The predicted molar refractivity (Wildman–Crippen MR) is 163 cm³/mol. The maximum Gasteiger partial charge on any atom is 0.264 e. The van der Waals surface area contributed by atoms with Gasteiger partial charge >= 0.3 is 0 Å². The number of carbonyl (C=O) groups excluding carboxylic acids is 2. The second-order valence-corrected chi connectivity index (χ2v) is 12.3. The summed E-state index contributed by atoms with van der Waals surface area (Å²) in [5, 5.41) is 3.28. The van der Waals surface area contributed by atoms with E-state index in [4.69, 9.17) is 16.3 Å². The van der Waals surface area contributed by atoms with Crippen LogP contribution in [0, 0.1) is 6.92 Å². The molecule has 0 saturated carbocycles. The third kappa shape index (κ3) is 8.24. The first kappa shape index (κ1) is 32.0. The second-order valence-electron chi connectivity index (χ2n) is 9.96. The summed E-state index contributed by atoms with van der Waals surface area (Å²) < 4.78 is 34.9. The van der Waals surface area contributed by atoms with Crippen LogP contribution < -0.4 is 14.4 Å². The third-order valence-electron chi connectivity index (χ3n) is 6.37. The number of nitrogens with one attached hydrogen (secondary N) is 1. The molecule has 3 aromatic carbocycles. The average molecular weight is 600 g/mol. The Morgan fingerprint density at radius 1 is 0.976 bits per heavy atom. The van der Waals surface area contributed by atoms with E-state index in [1.807, 2.05) is 52.0 Å². The maximum absolute atomic E-state index is 14.2. The Hall–Kier alpha value is -3.56. The molecule has 220 valence electrons. The van der Waals surface area contributed by atoms with Gasteiger partial charge in [-0.25, -0.2) is 8.42 Å². The Morgan fingerprint density at radius 3 is 2.27 bits per heavy atom. The first-order chi connectivity index (χ1) is 19.5. The van der Waals surface area contributed by atoms with Gasteiger partial charge in [-0.2, -0.15) is 0 Å². The zero-order valence-corrected chi connectivity index (χ0v) is 25.7. The van der Waals surface area contributed by atoms with E-state index in [0.29, 0.717) is 23.8 Å². The Morgan fingerprint density at radius 2 is 1.66 bits per heavy atom. The summed E-state index contributed by atoms with van der Waals surface area (Å²) in [6.45, 7) is 9.15. The smallest absolute Gasteiger partial charge is 0.264 e. The van der Waals surface area contributed by atoms with Gasteiger partial charge in [0.2, 0.25) is 11.8 Å². The minimum atomic E-state index is -4.24. The SMILES string of the molecule is CCOc1ccccc1N(CC(=O)N(Cc1cccc(C)c1)[C@@H](CC)C(=O)NC(C)C)S(=O)(=O)c1ccc(Cl)cc1. The minimum absolute atomic E-state index is 0.0316. The summed E-state index contributed by atoms with van der Waals surface area (Å²) in [6, 6.07) is 19.1. The lowest BCUT2D eigenvalue weighted by atomic mass is 10.1. The lowest BCUT2D eigenvalue weighted by molar-refractivity contribution is -0.140. The van der Waals surface area contributed by atoms with Crippen molar-refractivity contribution in [2.24, 2.45) is 0 Å². The Labute approximate surface area is 248 Å². The van der Waals surface area contributed by atoms with E-state index in [0.717, 1.165) is 15.4 Å². The molecule has 0 aliphatic rings. The monoisotopic (exact) mass is 599 g/mol. The summed E-state index contributed by atoms with van der Waals surface area (Å²) in [6.07, 6.45) is 0.343. The molecule has 0 unspecified atom stereocenters. The molecule has 1 atom stereocenters. The number of aryl methyl sites for hydroxylation is 1. The van der Waals surface area contributed by atoms with Gasteiger partial charge in [-0.3, -0.25) is 13.9 Å². The lowest BCUT2D eigenvalue weighted by Gasteiger charge is -2.34. The zero-order chi connectivity index (χ0) is 30.2. The fourth-order valence-corrected chi connectivity index (χ4v) is 6.05. The van der Waals surface area contributed by atoms with Crippen molar-refractivity contribution in [2.45, 2.75) is 64.6 Å². The highest BCUT2D eigenvalue weighted by Gasteiger charge is 2.34. The number of ether oxygens (including phenoxy) is 1. The summed E-state index contributed by atoms with van der Waals surface area (Å²) >= 11 is 6.03. The molecule has 3 rings (SSSR count). The summed E-state index contributed by atoms with van der Waals surface area (Å²) in [5.41, 5.74) is 2.05. The van der Waals surface area contributed by atoms with Gasteiger partial charge in [-0.15, -0.1) is 0 Å². The van der Waals surface area contributed by atoms with E-state index in [-0.39, 0.29) is 29.1 Å². The third-order valence-corrected chi connectivity index (χ3v) is 8.39. The van der Waals surface area contributed by atoms with Crippen molar-refractivity contribution in [1.29, 1.82) is 0 Å². The van der Waals surface area contributed by atoms with E-state index in [1.54, 1.807) is 31.2 Å². The van der Waals surface area contributed by atoms with Gasteiger partial charge in [0.15, 0.2) is 0 Å². The van der Waals surface area contributed by atoms with Gasteiger partial charge in [-0.05, 0) is 76.1 Å². The number of hydrogen-bond acceptors (Lipinski definition) is 5. The van der Waals surface area contributed by atoms with E-state index >= 15 is 0 Å². The van der Waals surface area contributed by atoms with Gasteiger partial charge in [0.05, 0.1) is 17.2 Å². The van der Waals surface area contributed by atoms with Gasteiger partial charge in [0, 0.05) is 17.6 Å². The molecule has 8 nitrogen and oxygen atoms in total. The number of anilines is 1. The topological polar surface area (TPSA) is 96.0 Å². The number of rotatable bonds is 13. The zero-order valence-electron chi connectivity index (χ0n) is 24.1. The first-order valence-electron chi connectivity index (χ1n) is 13.6. The molecular formula is C31H38ClN3O5S. The van der Waals surface area contributed by atoms with E-state index < -0.39 is 28.5 Å². The van der Waals surface area contributed by atoms with Crippen LogP contribution in [0.4, 0.5) is 5.69 Å². The van der Waals surface area contributed by atoms with Crippen molar-refractivity contribution < 1.29 is 22.7 Å². The molecule has 0 bridgehead atoms. The molecule has 2 amide bonds. The van der Waals surface area contributed by atoms with Crippen LogP contribution in [-0.4, -0.2) is 50.4 Å². The number of hydrogen-bond donors (Lipinski definition) is 1. The molecule has 1 N–H and O–H groups in total. The lowest BCUT2D eigenvalue weighted by Crippen LogP contribution is -2.53. The van der Waals surface area contributed by atoms with Crippen molar-refractivity contribution in [3.63, 3.8) is 0 Å². The number of benzene rings is 3. The van der Waals surface area contributed by atoms with Crippen LogP contribution in [0.3, 0.4) is 0 Å². The van der Waals surface area contributed by atoms with Crippen molar-refractivity contribution in [3.05, 3.63) is 88.9 Å². The van der Waals surface area contributed by atoms with Crippen LogP contribution in [0.5, 0.6) is 5.75 Å². The van der Waals surface area contributed by atoms with E-state index in [1.165, 1.54) is 29.2 Å². The first-order valence-corrected chi connectivity index (χ1v) is 15.4. The van der Waals surface area contributed by atoms with Crippen LogP contribution in [-0.2, 0) is 26.2 Å². The second kappa shape index (κ2) is 14.4. The van der Waals surface area contributed by atoms with Gasteiger partial charge in [0.1, 0.15) is 18.3 Å². The van der Waals surface area contributed by atoms with Crippen molar-refractivity contribution in [3.8, 4) is 5.75 Å². The molecular weight excluding hydrogens is 562 g/mol. The van der Waals surface area contributed by atoms with Crippen LogP contribution in [0.1, 0.15) is 45.2 Å². The van der Waals surface area contributed by atoms with Gasteiger partial charge in [-0.1, -0.05) is 60.5 Å². The molecule has 0 spiro atoms. The predicted octanol–water partition coefficient (Wildman–Crippen LogP) is 5.57. The van der Waals surface area contributed by atoms with Crippen molar-refractivity contribution in [1.82, 2.24) is 10.2 Å².